The lowest BCUT2D eigenvalue weighted by atomic mass is 10.1. The van der Waals surface area contributed by atoms with E-state index < -0.39 is 0 Å². The van der Waals surface area contributed by atoms with Crippen LogP contribution in [0.3, 0.4) is 0 Å². The van der Waals surface area contributed by atoms with Gasteiger partial charge in [0.1, 0.15) is 0 Å². The van der Waals surface area contributed by atoms with Crippen molar-refractivity contribution in [1.82, 2.24) is 10.1 Å². The van der Waals surface area contributed by atoms with Gasteiger partial charge in [-0.25, -0.2) is 0 Å². The van der Waals surface area contributed by atoms with Crippen molar-refractivity contribution in [3.63, 3.8) is 0 Å². The van der Waals surface area contributed by atoms with Gasteiger partial charge in [0, 0.05) is 18.9 Å². The molecular formula is C13H25N3O. The van der Waals surface area contributed by atoms with Gasteiger partial charge in [-0.2, -0.15) is 4.98 Å². The molecule has 1 aromatic heterocycles. The second kappa shape index (κ2) is 8.23. The van der Waals surface area contributed by atoms with Gasteiger partial charge in [0.15, 0.2) is 5.82 Å². The molecule has 0 bridgehead atoms. The Bertz CT molecular complexity index is 299. The number of hydrogen-bond acceptors (Lipinski definition) is 4. The van der Waals surface area contributed by atoms with Crippen molar-refractivity contribution in [2.24, 2.45) is 5.73 Å². The van der Waals surface area contributed by atoms with Crippen LogP contribution in [0.2, 0.25) is 0 Å². The zero-order chi connectivity index (χ0) is 12.5. The van der Waals surface area contributed by atoms with Gasteiger partial charge in [0.25, 0.3) is 0 Å². The van der Waals surface area contributed by atoms with E-state index in [9.17, 15) is 0 Å². The van der Waals surface area contributed by atoms with Crippen LogP contribution in [0.5, 0.6) is 0 Å². The summed E-state index contributed by atoms with van der Waals surface area (Å²) in [4.78, 5) is 4.36. The smallest absolute Gasteiger partial charge is 0.226 e. The molecule has 1 atom stereocenters. The minimum Gasteiger partial charge on any atom is -0.339 e. The zero-order valence-corrected chi connectivity index (χ0v) is 11.1. The molecule has 98 valence electrons. The van der Waals surface area contributed by atoms with E-state index in [0.717, 1.165) is 24.6 Å². The standard InChI is InChI=1S/C13H25N3O/c1-3-4-5-6-7-8-9-12-15-13(16-17-12)11(2)10-14/h11H,3-10,14H2,1-2H3. The molecule has 0 saturated heterocycles. The lowest BCUT2D eigenvalue weighted by molar-refractivity contribution is 0.366. The Morgan fingerprint density at radius 2 is 1.88 bits per heavy atom. The van der Waals surface area contributed by atoms with Crippen molar-refractivity contribution in [1.29, 1.82) is 0 Å². The van der Waals surface area contributed by atoms with E-state index >= 15 is 0 Å². The van der Waals surface area contributed by atoms with Crippen LogP contribution in [0.25, 0.3) is 0 Å². The van der Waals surface area contributed by atoms with E-state index in [1.54, 1.807) is 0 Å². The van der Waals surface area contributed by atoms with Gasteiger partial charge in [0.2, 0.25) is 5.89 Å². The van der Waals surface area contributed by atoms with Crippen LogP contribution in [-0.4, -0.2) is 16.7 Å². The van der Waals surface area contributed by atoms with Crippen molar-refractivity contribution >= 4 is 0 Å². The first kappa shape index (κ1) is 14.2. The summed E-state index contributed by atoms with van der Waals surface area (Å²) in [6, 6.07) is 0. The summed E-state index contributed by atoms with van der Waals surface area (Å²) in [6.45, 7) is 4.81. The molecule has 0 aliphatic carbocycles. The fourth-order valence-electron chi connectivity index (χ4n) is 1.73. The van der Waals surface area contributed by atoms with E-state index in [1.165, 1.54) is 32.1 Å². The molecule has 1 aromatic rings. The Morgan fingerprint density at radius 1 is 1.18 bits per heavy atom. The van der Waals surface area contributed by atoms with Crippen LogP contribution in [0, 0.1) is 0 Å². The summed E-state index contributed by atoms with van der Waals surface area (Å²) in [5, 5.41) is 3.95. The monoisotopic (exact) mass is 239 g/mol. The van der Waals surface area contributed by atoms with Gasteiger partial charge in [-0.1, -0.05) is 51.1 Å². The summed E-state index contributed by atoms with van der Waals surface area (Å²) in [7, 11) is 0. The quantitative estimate of drug-likeness (QED) is 0.673. The van der Waals surface area contributed by atoms with Gasteiger partial charge in [-0.15, -0.1) is 0 Å². The molecule has 0 spiro atoms. The minimum absolute atomic E-state index is 0.192. The van der Waals surface area contributed by atoms with E-state index in [2.05, 4.69) is 17.1 Å². The summed E-state index contributed by atoms with van der Waals surface area (Å²) in [5.74, 6) is 1.70. The van der Waals surface area contributed by atoms with Crippen LogP contribution >= 0.6 is 0 Å². The number of hydrogen-bond donors (Lipinski definition) is 1. The number of rotatable bonds is 9. The highest BCUT2D eigenvalue weighted by molar-refractivity contribution is 4.94. The van der Waals surface area contributed by atoms with Crippen molar-refractivity contribution < 1.29 is 4.52 Å². The zero-order valence-electron chi connectivity index (χ0n) is 11.1. The molecule has 4 nitrogen and oxygen atoms in total. The van der Waals surface area contributed by atoms with E-state index in [4.69, 9.17) is 10.3 Å². The van der Waals surface area contributed by atoms with Crippen LogP contribution in [0.1, 0.15) is 70.0 Å². The predicted molar refractivity (Wildman–Crippen MR) is 68.8 cm³/mol. The largest absolute Gasteiger partial charge is 0.339 e. The van der Waals surface area contributed by atoms with Gasteiger partial charge >= 0.3 is 0 Å². The number of unbranched alkanes of at least 4 members (excludes halogenated alkanes) is 5. The van der Waals surface area contributed by atoms with Crippen LogP contribution in [-0.2, 0) is 6.42 Å². The molecule has 0 aliphatic heterocycles. The molecule has 0 fully saturated rings. The fraction of sp³-hybridized carbons (Fsp3) is 0.846. The van der Waals surface area contributed by atoms with Crippen molar-refractivity contribution in [2.45, 2.75) is 64.7 Å². The van der Waals surface area contributed by atoms with E-state index in [1.807, 2.05) is 6.92 Å². The Labute approximate surface area is 104 Å². The van der Waals surface area contributed by atoms with Crippen LogP contribution in [0.4, 0.5) is 0 Å². The van der Waals surface area contributed by atoms with Gasteiger partial charge < -0.3 is 10.3 Å². The van der Waals surface area contributed by atoms with Gasteiger partial charge in [-0.3, -0.25) is 0 Å². The number of aromatic nitrogens is 2. The number of aryl methyl sites for hydroxylation is 1. The second-order valence-corrected chi connectivity index (χ2v) is 4.70. The summed E-state index contributed by atoms with van der Waals surface area (Å²) in [6.07, 6.45) is 8.59. The SMILES string of the molecule is CCCCCCCCc1nc(C(C)CN)no1. The fourth-order valence-corrected chi connectivity index (χ4v) is 1.73. The minimum atomic E-state index is 0.192. The maximum Gasteiger partial charge on any atom is 0.226 e. The Kier molecular flexibility index (Phi) is 6.86. The summed E-state index contributed by atoms with van der Waals surface area (Å²) < 4.78 is 5.20. The summed E-state index contributed by atoms with van der Waals surface area (Å²) >= 11 is 0. The maximum atomic E-state index is 5.56. The van der Waals surface area contributed by atoms with Crippen molar-refractivity contribution in [3.05, 3.63) is 11.7 Å². The topological polar surface area (TPSA) is 64.9 Å². The normalized spacial score (nSPS) is 12.9. The van der Waals surface area contributed by atoms with Crippen molar-refractivity contribution in [2.75, 3.05) is 6.54 Å². The highest BCUT2D eigenvalue weighted by Gasteiger charge is 2.11. The van der Waals surface area contributed by atoms with Crippen LogP contribution < -0.4 is 5.73 Å². The average molecular weight is 239 g/mol. The number of nitrogens with zero attached hydrogens (tertiary/aromatic N) is 2. The molecule has 2 N–H and O–H groups in total. The molecule has 1 unspecified atom stereocenters. The predicted octanol–water partition coefficient (Wildman–Crippen LogP) is 3.03. The van der Waals surface area contributed by atoms with E-state index in [-0.39, 0.29) is 5.92 Å². The molecule has 0 aliphatic rings. The maximum absolute atomic E-state index is 5.56. The van der Waals surface area contributed by atoms with Crippen molar-refractivity contribution in [3.8, 4) is 0 Å². The Morgan fingerprint density at radius 3 is 2.59 bits per heavy atom. The first-order valence-corrected chi connectivity index (χ1v) is 6.80. The third-order valence-corrected chi connectivity index (χ3v) is 3.02. The van der Waals surface area contributed by atoms with Gasteiger partial charge in [-0.05, 0) is 6.42 Å². The Balaban J connectivity index is 2.16. The van der Waals surface area contributed by atoms with Gasteiger partial charge in [0.05, 0.1) is 0 Å². The lowest BCUT2D eigenvalue weighted by Crippen LogP contribution is -2.10. The third kappa shape index (κ3) is 5.31. The second-order valence-electron chi connectivity index (χ2n) is 4.70. The highest BCUT2D eigenvalue weighted by atomic mass is 16.5. The van der Waals surface area contributed by atoms with Crippen LogP contribution in [0.15, 0.2) is 4.52 Å². The Hall–Kier alpha value is -0.900. The molecule has 0 saturated carbocycles. The molecule has 0 aromatic carbocycles. The molecule has 0 radical (unpaired) electrons. The molecule has 1 rings (SSSR count). The molecular weight excluding hydrogens is 214 g/mol. The molecule has 1 heterocycles. The molecule has 0 amide bonds. The first-order valence-electron chi connectivity index (χ1n) is 6.80. The van der Waals surface area contributed by atoms with E-state index in [0.29, 0.717) is 6.54 Å². The molecule has 4 heteroatoms. The molecule has 17 heavy (non-hydrogen) atoms. The number of nitrogens with two attached hydrogens (primary N) is 1. The average Bonchev–Trinajstić information content (AvgIpc) is 2.81. The third-order valence-electron chi connectivity index (χ3n) is 3.02. The summed E-state index contributed by atoms with van der Waals surface area (Å²) in [5.41, 5.74) is 5.56. The first-order chi connectivity index (χ1) is 8.27. The highest BCUT2D eigenvalue weighted by Crippen LogP contribution is 2.12. The lowest BCUT2D eigenvalue weighted by Gasteiger charge is -1.99.